The normalized spacial score (nSPS) is 29.5. The molecule has 0 aromatic heterocycles. The highest BCUT2D eigenvalue weighted by Gasteiger charge is 2.65. The number of carboxylic acid groups (broad SMARTS) is 2. The van der Waals surface area contributed by atoms with E-state index in [0.717, 1.165) is 31.4 Å². The number of phenols is 1. The van der Waals surface area contributed by atoms with Crippen LogP contribution in [0, 0.1) is 11.8 Å². The lowest BCUT2D eigenvalue weighted by atomic mass is 9.52. The summed E-state index contributed by atoms with van der Waals surface area (Å²) in [5.74, 6) is 0.585. The minimum Gasteiger partial charge on any atom is -0.504 e. The molecule has 10 nitrogen and oxygen atoms in total. The molecule has 10 heteroatoms. The van der Waals surface area contributed by atoms with Crippen molar-refractivity contribution in [3.63, 3.8) is 0 Å². The highest BCUT2D eigenvalue weighted by Crippen LogP contribution is 2.62. The summed E-state index contributed by atoms with van der Waals surface area (Å²) in [6.45, 7) is 4.56. The highest BCUT2D eigenvalue weighted by molar-refractivity contribution is 5.89. The van der Waals surface area contributed by atoms with Crippen LogP contribution in [-0.2, 0) is 21.4 Å². The molecule has 1 aromatic rings. The number of hydrogen-bond donors (Lipinski definition) is 5. The summed E-state index contributed by atoms with van der Waals surface area (Å²) < 4.78 is 6.04. The molecule has 2 heterocycles. The van der Waals surface area contributed by atoms with Gasteiger partial charge in [0.1, 0.15) is 6.04 Å². The number of carboxylic acids is 1. The zero-order chi connectivity index (χ0) is 24.7. The lowest BCUT2D eigenvalue weighted by Gasteiger charge is -2.57. The molecule has 2 aliphatic carbocycles. The van der Waals surface area contributed by atoms with E-state index < -0.39 is 18.1 Å². The summed E-state index contributed by atoms with van der Waals surface area (Å²) >= 11 is 0. The van der Waals surface area contributed by atoms with Crippen molar-refractivity contribution < 1.29 is 34.4 Å². The third kappa shape index (κ3) is 4.24. The Morgan fingerprint density at radius 1 is 1.27 bits per heavy atom. The molecule has 1 aromatic carbocycles. The Hall–Kier alpha value is -2.85. The molecule has 1 saturated carbocycles. The maximum atomic E-state index is 12.5. The van der Waals surface area contributed by atoms with Crippen molar-refractivity contribution in [1.82, 2.24) is 4.90 Å². The Kier molecular flexibility index (Phi) is 6.90. The smallest absolute Gasteiger partial charge is 0.402 e. The predicted octanol–water partition coefficient (Wildman–Crippen LogP) is 1.31. The monoisotopic (exact) mass is 463 g/mol. The van der Waals surface area contributed by atoms with Gasteiger partial charge in [0.05, 0.1) is 0 Å². The highest BCUT2D eigenvalue weighted by atomic mass is 16.5. The number of piperidine rings is 1. The summed E-state index contributed by atoms with van der Waals surface area (Å²) in [5.41, 5.74) is 11.4. The number of benzene rings is 1. The van der Waals surface area contributed by atoms with E-state index in [-0.39, 0.29) is 29.0 Å². The van der Waals surface area contributed by atoms with Gasteiger partial charge in [-0.15, -0.1) is 0 Å². The first kappa shape index (κ1) is 24.8. The molecule has 5 atom stereocenters. The van der Waals surface area contributed by atoms with Crippen LogP contribution >= 0.6 is 0 Å². The average molecular weight is 464 g/mol. The number of likely N-dealkylation sites (N-methyl/N-ethyl adjacent to an activating group) is 1. The fraction of sp³-hybridized carbons (Fsp3) is 0.609. The van der Waals surface area contributed by atoms with E-state index in [1.807, 2.05) is 6.07 Å². The minimum absolute atomic E-state index is 0.0208. The lowest BCUT2D eigenvalue weighted by Crippen LogP contribution is -2.65. The van der Waals surface area contributed by atoms with Crippen LogP contribution in [0.25, 0.3) is 0 Å². The average Bonchev–Trinajstić information content (AvgIpc) is 3.09. The minimum atomic E-state index is -1.33. The molecule has 1 unspecified atom stereocenters. The standard InChI is InChI=1S/C17H19NO3.C5H11NO2.CH3NO2/c1-18-7-6-17-10-3-5-13(20)16(17)21-15-12(19)4-2-9(14(15)17)8-11(10)18;1-3(2)4(6)5(7)8;2-1(3)4/h2,4,10-11,16,19H,3,5-8H2,1H3;3-4H,6H2,1-2H3,(H,7,8);2H2,(H,3,4)/t10-,11+,16-,17-;;/m0../s1. The van der Waals surface area contributed by atoms with Crippen LogP contribution in [-0.4, -0.2) is 69.8 Å². The molecule has 2 fully saturated rings. The van der Waals surface area contributed by atoms with Gasteiger partial charge in [0.15, 0.2) is 23.4 Å². The van der Waals surface area contributed by atoms with Gasteiger partial charge in [0, 0.05) is 23.4 Å². The van der Waals surface area contributed by atoms with Crippen LogP contribution in [0.5, 0.6) is 11.5 Å². The number of rotatable bonds is 2. The van der Waals surface area contributed by atoms with Crippen LogP contribution in [0.2, 0.25) is 0 Å². The van der Waals surface area contributed by atoms with E-state index in [0.29, 0.717) is 24.1 Å². The summed E-state index contributed by atoms with van der Waals surface area (Å²) in [6, 6.07) is 3.54. The largest absolute Gasteiger partial charge is 0.504 e. The molecule has 2 bridgehead atoms. The zero-order valence-electron chi connectivity index (χ0n) is 19.2. The molecule has 1 saturated heterocycles. The van der Waals surface area contributed by atoms with Crippen molar-refractivity contribution in [3.8, 4) is 11.5 Å². The Morgan fingerprint density at radius 2 is 1.91 bits per heavy atom. The molecule has 0 radical (unpaired) electrons. The molecule has 5 rings (SSSR count). The van der Waals surface area contributed by atoms with Crippen molar-refractivity contribution in [2.24, 2.45) is 23.3 Å². The summed E-state index contributed by atoms with van der Waals surface area (Å²) in [5, 5.41) is 25.6. The number of hydrogen-bond acceptors (Lipinski definition) is 7. The van der Waals surface area contributed by atoms with Gasteiger partial charge in [-0.3, -0.25) is 9.59 Å². The number of likely N-dealkylation sites (tertiary alicyclic amines) is 1. The number of nitrogens with two attached hydrogens (primary N) is 2. The van der Waals surface area contributed by atoms with E-state index >= 15 is 0 Å². The van der Waals surface area contributed by atoms with Crippen LogP contribution < -0.4 is 16.2 Å². The zero-order valence-corrected chi connectivity index (χ0v) is 19.2. The van der Waals surface area contributed by atoms with Gasteiger partial charge >= 0.3 is 12.1 Å². The molecule has 1 spiro atoms. The molecule has 1 amide bonds. The van der Waals surface area contributed by atoms with Crippen LogP contribution in [0.1, 0.15) is 44.2 Å². The topological polar surface area (TPSA) is 176 Å². The molecule has 182 valence electrons. The van der Waals surface area contributed by atoms with E-state index in [1.165, 1.54) is 5.56 Å². The van der Waals surface area contributed by atoms with Gasteiger partial charge in [-0.25, -0.2) is 4.79 Å². The Balaban J connectivity index is 0.000000216. The van der Waals surface area contributed by atoms with E-state index in [2.05, 4.69) is 17.7 Å². The number of carbonyl (C=O) groups excluding carboxylic acids is 1. The maximum Gasteiger partial charge on any atom is 0.402 e. The number of ether oxygens (including phenoxy) is 1. The van der Waals surface area contributed by atoms with Crippen molar-refractivity contribution in [1.29, 1.82) is 0 Å². The van der Waals surface area contributed by atoms with Gasteiger partial charge in [0.2, 0.25) is 0 Å². The molecular formula is C23H33N3O7. The number of Topliss-reactive ketones (excluding diaryl/α,β-unsaturated/α-hetero) is 1. The summed E-state index contributed by atoms with van der Waals surface area (Å²) in [4.78, 5) is 33.7. The van der Waals surface area contributed by atoms with Crippen molar-refractivity contribution in [2.45, 2.75) is 63.1 Å². The second kappa shape index (κ2) is 9.18. The second-order valence-electron chi connectivity index (χ2n) is 9.55. The van der Waals surface area contributed by atoms with E-state index in [1.54, 1.807) is 19.9 Å². The molecule has 33 heavy (non-hydrogen) atoms. The van der Waals surface area contributed by atoms with Crippen molar-refractivity contribution in [2.75, 3.05) is 13.6 Å². The number of nitrogens with zero attached hydrogens (tertiary/aromatic N) is 1. The Morgan fingerprint density at radius 3 is 2.45 bits per heavy atom. The second-order valence-corrected chi connectivity index (χ2v) is 9.55. The molecule has 4 aliphatic rings. The Bertz CT molecular complexity index is 946. The Labute approximate surface area is 192 Å². The number of aromatic hydroxyl groups is 1. The third-order valence-corrected chi connectivity index (χ3v) is 7.39. The molecule has 7 N–H and O–H groups in total. The van der Waals surface area contributed by atoms with Gasteiger partial charge in [-0.1, -0.05) is 19.9 Å². The number of phenolic OH excluding ortho intramolecular Hbond substituents is 1. The lowest BCUT2D eigenvalue weighted by molar-refractivity contribution is -0.139. The quantitative estimate of drug-likeness (QED) is 0.432. The SMILES string of the molecule is CC(C)C(N)C(=O)O.CN1CC[C@]23c4c5ccc(O)c4O[C@H]2C(=O)CC[C@H]3[C@H]1C5.NC(=O)O. The third-order valence-electron chi connectivity index (χ3n) is 7.39. The number of primary amides is 1. The van der Waals surface area contributed by atoms with Gasteiger partial charge in [0.25, 0.3) is 0 Å². The number of amides is 1. The van der Waals surface area contributed by atoms with E-state index in [4.69, 9.17) is 25.5 Å². The fourth-order valence-corrected chi connectivity index (χ4v) is 5.81. The van der Waals surface area contributed by atoms with Gasteiger partial charge in [-0.2, -0.15) is 0 Å². The number of ketones is 1. The predicted molar refractivity (Wildman–Crippen MR) is 119 cm³/mol. The summed E-state index contributed by atoms with van der Waals surface area (Å²) in [7, 11) is 2.20. The number of aliphatic carboxylic acids is 1. The van der Waals surface area contributed by atoms with Crippen LogP contribution in [0.3, 0.4) is 0 Å². The summed E-state index contributed by atoms with van der Waals surface area (Å²) in [6.07, 6.45) is 1.85. The fourth-order valence-electron chi connectivity index (χ4n) is 5.81. The first-order valence-electron chi connectivity index (χ1n) is 11.1. The maximum absolute atomic E-state index is 12.5. The van der Waals surface area contributed by atoms with Crippen molar-refractivity contribution >= 4 is 17.8 Å². The van der Waals surface area contributed by atoms with Crippen molar-refractivity contribution in [3.05, 3.63) is 23.3 Å². The first-order valence-corrected chi connectivity index (χ1v) is 11.1. The van der Waals surface area contributed by atoms with Gasteiger partial charge < -0.3 is 36.4 Å². The van der Waals surface area contributed by atoms with Crippen LogP contribution in [0.4, 0.5) is 4.79 Å². The number of carbonyl (C=O) groups is 3. The van der Waals surface area contributed by atoms with Gasteiger partial charge in [-0.05, 0) is 56.3 Å². The molecule has 2 aliphatic heterocycles. The van der Waals surface area contributed by atoms with E-state index in [9.17, 15) is 14.7 Å². The molecular weight excluding hydrogens is 430 g/mol. The van der Waals surface area contributed by atoms with Crippen LogP contribution in [0.15, 0.2) is 12.1 Å². The first-order chi connectivity index (χ1) is 15.4.